The zero-order chi connectivity index (χ0) is 13.8. The van der Waals surface area contributed by atoms with Crippen molar-refractivity contribution in [2.24, 2.45) is 11.8 Å². The van der Waals surface area contributed by atoms with E-state index < -0.39 is 0 Å². The molecule has 1 aromatic carbocycles. The van der Waals surface area contributed by atoms with Crippen LogP contribution in [0.1, 0.15) is 38.3 Å². The van der Waals surface area contributed by atoms with Crippen LogP contribution in [0.5, 0.6) is 11.5 Å². The van der Waals surface area contributed by atoms with Crippen LogP contribution < -0.4 is 14.8 Å². The topological polar surface area (TPSA) is 30.5 Å². The highest BCUT2D eigenvalue weighted by Crippen LogP contribution is 2.36. The molecule has 2 unspecified atom stereocenters. The normalized spacial score (nSPS) is 17.9. The first-order valence-electron chi connectivity index (χ1n) is 7.11. The van der Waals surface area contributed by atoms with Gasteiger partial charge >= 0.3 is 0 Å². The van der Waals surface area contributed by atoms with Gasteiger partial charge in [0.1, 0.15) is 0 Å². The highest BCUT2D eigenvalue weighted by Gasteiger charge is 2.27. The van der Waals surface area contributed by atoms with Gasteiger partial charge in [0.15, 0.2) is 11.5 Å². The molecule has 0 aliphatic heterocycles. The Morgan fingerprint density at radius 2 is 1.84 bits per heavy atom. The van der Waals surface area contributed by atoms with E-state index in [1.165, 1.54) is 18.4 Å². The highest BCUT2D eigenvalue weighted by atomic mass is 16.5. The third kappa shape index (κ3) is 3.63. The van der Waals surface area contributed by atoms with Crippen molar-refractivity contribution in [3.05, 3.63) is 23.8 Å². The molecule has 0 saturated heterocycles. The van der Waals surface area contributed by atoms with Crippen LogP contribution in [0.3, 0.4) is 0 Å². The number of hydrogen-bond acceptors (Lipinski definition) is 3. The first kappa shape index (κ1) is 14.2. The van der Waals surface area contributed by atoms with Crippen LogP contribution in [0.4, 0.5) is 0 Å². The molecule has 1 aliphatic carbocycles. The minimum atomic E-state index is 0.334. The minimum absolute atomic E-state index is 0.334. The molecule has 1 N–H and O–H groups in total. The molecular weight excluding hydrogens is 238 g/mol. The van der Waals surface area contributed by atoms with Gasteiger partial charge in [-0.05, 0) is 55.8 Å². The van der Waals surface area contributed by atoms with Crippen molar-refractivity contribution >= 4 is 0 Å². The molecular formula is C16H25NO2. The molecule has 1 saturated carbocycles. The van der Waals surface area contributed by atoms with Gasteiger partial charge in [-0.1, -0.05) is 13.0 Å². The van der Waals surface area contributed by atoms with Crippen LogP contribution in [0, 0.1) is 11.8 Å². The van der Waals surface area contributed by atoms with E-state index in [0.29, 0.717) is 6.04 Å². The second-order valence-electron chi connectivity index (χ2n) is 5.56. The summed E-state index contributed by atoms with van der Waals surface area (Å²) in [4.78, 5) is 0. The quantitative estimate of drug-likeness (QED) is 0.818. The first-order valence-corrected chi connectivity index (χ1v) is 7.11. The molecule has 2 atom stereocenters. The van der Waals surface area contributed by atoms with Crippen molar-refractivity contribution in [1.29, 1.82) is 0 Å². The van der Waals surface area contributed by atoms with Crippen LogP contribution in [0.2, 0.25) is 0 Å². The molecule has 1 aliphatic rings. The molecule has 0 amide bonds. The Hall–Kier alpha value is -1.22. The minimum Gasteiger partial charge on any atom is -0.493 e. The van der Waals surface area contributed by atoms with Crippen molar-refractivity contribution in [1.82, 2.24) is 5.32 Å². The Labute approximate surface area is 116 Å². The van der Waals surface area contributed by atoms with Crippen LogP contribution in [0.25, 0.3) is 0 Å². The number of hydrogen-bond donors (Lipinski definition) is 1. The van der Waals surface area contributed by atoms with Gasteiger partial charge in [-0.15, -0.1) is 0 Å². The van der Waals surface area contributed by atoms with Crippen LogP contribution in [0.15, 0.2) is 18.2 Å². The largest absolute Gasteiger partial charge is 0.493 e. The van der Waals surface area contributed by atoms with E-state index in [9.17, 15) is 0 Å². The molecule has 3 heteroatoms. The lowest BCUT2D eigenvalue weighted by molar-refractivity contribution is 0.353. The Bertz CT molecular complexity index is 415. The van der Waals surface area contributed by atoms with Gasteiger partial charge in [0.05, 0.1) is 14.2 Å². The summed E-state index contributed by atoms with van der Waals surface area (Å²) in [6, 6.07) is 6.46. The van der Waals surface area contributed by atoms with Crippen molar-refractivity contribution in [3.63, 3.8) is 0 Å². The van der Waals surface area contributed by atoms with Crippen LogP contribution >= 0.6 is 0 Å². The lowest BCUT2D eigenvalue weighted by Gasteiger charge is -2.19. The second-order valence-corrected chi connectivity index (χ2v) is 5.56. The average molecular weight is 263 g/mol. The highest BCUT2D eigenvalue weighted by molar-refractivity contribution is 5.43. The summed E-state index contributed by atoms with van der Waals surface area (Å²) in [5.74, 6) is 3.31. The fourth-order valence-corrected chi connectivity index (χ4v) is 2.43. The van der Waals surface area contributed by atoms with E-state index in [1.807, 2.05) is 6.07 Å². The van der Waals surface area contributed by atoms with E-state index in [1.54, 1.807) is 14.2 Å². The van der Waals surface area contributed by atoms with Crippen LogP contribution in [-0.2, 0) is 0 Å². The number of rotatable bonds is 7. The summed E-state index contributed by atoms with van der Waals surface area (Å²) in [6.07, 6.45) is 2.82. The predicted octanol–water partition coefficient (Wildman–Crippen LogP) is 3.40. The molecule has 0 spiro atoms. The lowest BCUT2D eigenvalue weighted by atomic mass is 10.0. The number of ether oxygens (including phenoxy) is 2. The summed E-state index contributed by atoms with van der Waals surface area (Å²) >= 11 is 0. The molecule has 0 aromatic heterocycles. The van der Waals surface area contributed by atoms with Gasteiger partial charge in [-0.3, -0.25) is 0 Å². The SMILES string of the molecule is COc1ccc(C(C)NCC(C)C2CC2)cc1OC. The molecule has 2 rings (SSSR count). The van der Waals surface area contributed by atoms with Gasteiger partial charge in [0.2, 0.25) is 0 Å². The van der Waals surface area contributed by atoms with Gasteiger partial charge in [-0.25, -0.2) is 0 Å². The Balaban J connectivity index is 1.95. The molecule has 0 heterocycles. The van der Waals surface area contributed by atoms with E-state index in [-0.39, 0.29) is 0 Å². The van der Waals surface area contributed by atoms with Crippen LogP contribution in [-0.4, -0.2) is 20.8 Å². The Morgan fingerprint density at radius 3 is 2.42 bits per heavy atom. The molecule has 1 fully saturated rings. The van der Waals surface area contributed by atoms with Gasteiger partial charge in [0, 0.05) is 6.04 Å². The maximum atomic E-state index is 5.35. The fraction of sp³-hybridized carbons (Fsp3) is 0.625. The third-order valence-electron chi connectivity index (χ3n) is 4.08. The van der Waals surface area contributed by atoms with E-state index in [4.69, 9.17) is 9.47 Å². The van der Waals surface area contributed by atoms with Gasteiger partial charge in [0.25, 0.3) is 0 Å². The molecule has 1 aromatic rings. The van der Waals surface area contributed by atoms with E-state index in [0.717, 1.165) is 29.9 Å². The maximum absolute atomic E-state index is 5.35. The van der Waals surface area contributed by atoms with Crippen molar-refractivity contribution in [3.8, 4) is 11.5 Å². The zero-order valence-electron chi connectivity index (χ0n) is 12.4. The van der Waals surface area contributed by atoms with Crippen molar-refractivity contribution in [2.75, 3.05) is 20.8 Å². The first-order chi connectivity index (χ1) is 9.15. The predicted molar refractivity (Wildman–Crippen MR) is 77.9 cm³/mol. The van der Waals surface area contributed by atoms with E-state index in [2.05, 4.69) is 31.3 Å². The van der Waals surface area contributed by atoms with Gasteiger partial charge < -0.3 is 14.8 Å². The molecule has 106 valence electrons. The standard InChI is InChI=1S/C16H25NO2/c1-11(13-5-6-13)10-17-12(2)14-7-8-15(18-3)16(9-14)19-4/h7-9,11-13,17H,5-6,10H2,1-4H3. The monoisotopic (exact) mass is 263 g/mol. The van der Waals surface area contributed by atoms with Crippen molar-refractivity contribution < 1.29 is 9.47 Å². The zero-order valence-corrected chi connectivity index (χ0v) is 12.4. The molecule has 0 radical (unpaired) electrons. The summed E-state index contributed by atoms with van der Waals surface area (Å²) in [6.45, 7) is 5.62. The Morgan fingerprint density at radius 1 is 1.16 bits per heavy atom. The van der Waals surface area contributed by atoms with Gasteiger partial charge in [-0.2, -0.15) is 0 Å². The summed E-state index contributed by atoms with van der Waals surface area (Å²) < 4.78 is 10.6. The third-order valence-corrected chi connectivity index (χ3v) is 4.08. The second kappa shape index (κ2) is 6.29. The lowest BCUT2D eigenvalue weighted by Crippen LogP contribution is -2.25. The number of methoxy groups -OCH3 is 2. The fourth-order valence-electron chi connectivity index (χ4n) is 2.43. The summed E-state index contributed by atoms with van der Waals surface area (Å²) in [7, 11) is 3.34. The molecule has 3 nitrogen and oxygen atoms in total. The van der Waals surface area contributed by atoms with E-state index >= 15 is 0 Å². The molecule has 19 heavy (non-hydrogen) atoms. The smallest absolute Gasteiger partial charge is 0.161 e. The number of benzene rings is 1. The molecule has 0 bridgehead atoms. The average Bonchev–Trinajstić information content (AvgIpc) is 3.28. The summed E-state index contributed by atoms with van der Waals surface area (Å²) in [5.41, 5.74) is 1.24. The maximum Gasteiger partial charge on any atom is 0.161 e. The number of nitrogens with one attached hydrogen (secondary N) is 1. The Kier molecular flexibility index (Phi) is 4.70. The summed E-state index contributed by atoms with van der Waals surface area (Å²) in [5, 5.41) is 3.61. The van der Waals surface area contributed by atoms with Crippen molar-refractivity contribution in [2.45, 2.75) is 32.7 Å².